The van der Waals surface area contributed by atoms with E-state index in [9.17, 15) is 4.79 Å². The number of allylic oxidation sites excluding steroid dienone is 1. The number of nitrogens with one attached hydrogen (secondary N) is 3. The number of carbonyl (C=O) groups is 1. The van der Waals surface area contributed by atoms with E-state index >= 15 is 0 Å². The standard InChI is InChI=1S/C22H30N8O/c1-5-18(6-2)29-13-17(11-26-29)22-20-7-8-25-30(20)14-19(28-22)16(9-23)10-24-12-21(31)27-15(3)4/h7-11,13-15,18,23-24H,5-6,12H2,1-4H3,(H,27,31)/b16-10+,23-9?. The summed E-state index contributed by atoms with van der Waals surface area (Å²) in [5.41, 5.74) is 3.63. The number of carbonyl (C=O) groups excluding carboxylic acids is 1. The summed E-state index contributed by atoms with van der Waals surface area (Å²) in [4.78, 5) is 16.7. The van der Waals surface area contributed by atoms with Gasteiger partial charge < -0.3 is 16.0 Å². The van der Waals surface area contributed by atoms with Crippen molar-refractivity contribution in [3.05, 3.63) is 42.7 Å². The predicted octanol–water partition coefficient (Wildman–Crippen LogP) is 3.06. The van der Waals surface area contributed by atoms with Gasteiger partial charge in [0, 0.05) is 35.8 Å². The van der Waals surface area contributed by atoms with Gasteiger partial charge in [-0.2, -0.15) is 10.2 Å². The molecule has 31 heavy (non-hydrogen) atoms. The van der Waals surface area contributed by atoms with Gasteiger partial charge in [-0.25, -0.2) is 9.50 Å². The molecule has 0 bridgehead atoms. The summed E-state index contributed by atoms with van der Waals surface area (Å²) < 4.78 is 3.73. The molecule has 0 atom stereocenters. The number of hydrogen-bond donors (Lipinski definition) is 3. The van der Waals surface area contributed by atoms with Gasteiger partial charge in [-0.3, -0.25) is 9.48 Å². The molecule has 0 aliphatic heterocycles. The Morgan fingerprint density at radius 2 is 2.00 bits per heavy atom. The van der Waals surface area contributed by atoms with Crippen LogP contribution in [-0.4, -0.2) is 49.1 Å². The lowest BCUT2D eigenvalue weighted by atomic mass is 10.1. The summed E-state index contributed by atoms with van der Waals surface area (Å²) >= 11 is 0. The number of aromatic nitrogens is 5. The summed E-state index contributed by atoms with van der Waals surface area (Å²) in [5.74, 6) is -0.111. The molecule has 0 saturated heterocycles. The Balaban J connectivity index is 1.93. The van der Waals surface area contributed by atoms with Crippen LogP contribution in [0.5, 0.6) is 0 Å². The van der Waals surface area contributed by atoms with Crippen molar-refractivity contribution in [3.63, 3.8) is 0 Å². The zero-order valence-corrected chi connectivity index (χ0v) is 18.5. The SMILES string of the molecule is CCC(CC)n1cc(-c2nc(/C(C=N)=C/NCC(=O)NC(C)C)cn3nccc23)cn1. The van der Waals surface area contributed by atoms with Crippen LogP contribution in [0, 0.1) is 5.41 Å². The lowest BCUT2D eigenvalue weighted by Gasteiger charge is -2.12. The van der Waals surface area contributed by atoms with Crippen molar-refractivity contribution in [2.75, 3.05) is 6.54 Å². The molecule has 0 fully saturated rings. The van der Waals surface area contributed by atoms with E-state index in [1.165, 1.54) is 6.21 Å². The van der Waals surface area contributed by atoms with E-state index in [0.717, 1.165) is 29.6 Å². The second-order valence-electron chi connectivity index (χ2n) is 7.66. The van der Waals surface area contributed by atoms with Crippen molar-refractivity contribution in [3.8, 4) is 11.3 Å². The third-order valence-corrected chi connectivity index (χ3v) is 5.00. The van der Waals surface area contributed by atoms with Crippen LogP contribution in [0.1, 0.15) is 52.3 Å². The summed E-state index contributed by atoms with van der Waals surface area (Å²) in [6.07, 6.45) is 12.2. The second-order valence-corrected chi connectivity index (χ2v) is 7.66. The Labute approximate surface area is 182 Å². The first kappa shape index (κ1) is 22.2. The highest BCUT2D eigenvalue weighted by Gasteiger charge is 2.15. The maximum atomic E-state index is 11.8. The first-order valence-corrected chi connectivity index (χ1v) is 10.6. The molecule has 0 radical (unpaired) electrons. The lowest BCUT2D eigenvalue weighted by molar-refractivity contribution is -0.120. The van der Waals surface area contributed by atoms with Gasteiger partial charge in [0.25, 0.3) is 0 Å². The molecule has 3 aromatic rings. The zero-order chi connectivity index (χ0) is 22.4. The van der Waals surface area contributed by atoms with E-state index in [1.807, 2.05) is 37.0 Å². The third-order valence-electron chi connectivity index (χ3n) is 5.00. The van der Waals surface area contributed by atoms with Crippen LogP contribution in [0.3, 0.4) is 0 Å². The van der Waals surface area contributed by atoms with Crippen molar-refractivity contribution in [2.24, 2.45) is 0 Å². The number of rotatable bonds is 10. The molecule has 0 aliphatic rings. The van der Waals surface area contributed by atoms with E-state index in [2.05, 4.69) is 34.7 Å². The smallest absolute Gasteiger partial charge is 0.239 e. The number of nitrogens with zero attached hydrogens (tertiary/aromatic N) is 5. The van der Waals surface area contributed by atoms with E-state index < -0.39 is 0 Å². The molecule has 3 aromatic heterocycles. The Kier molecular flexibility index (Phi) is 7.17. The summed E-state index contributed by atoms with van der Waals surface area (Å²) in [6, 6.07) is 2.33. The second kappa shape index (κ2) is 10.0. The predicted molar refractivity (Wildman–Crippen MR) is 122 cm³/mol. The number of hydrogen-bond acceptors (Lipinski definition) is 6. The van der Waals surface area contributed by atoms with E-state index in [0.29, 0.717) is 17.3 Å². The van der Waals surface area contributed by atoms with E-state index in [-0.39, 0.29) is 18.5 Å². The molecule has 0 aliphatic carbocycles. The molecule has 9 heteroatoms. The van der Waals surface area contributed by atoms with Gasteiger partial charge in [0.15, 0.2) is 0 Å². The van der Waals surface area contributed by atoms with Crippen molar-refractivity contribution < 1.29 is 4.79 Å². The van der Waals surface area contributed by atoms with E-state index in [1.54, 1.807) is 23.1 Å². The van der Waals surface area contributed by atoms with Crippen LogP contribution in [0.4, 0.5) is 0 Å². The largest absolute Gasteiger partial charge is 0.382 e. The molecule has 9 nitrogen and oxygen atoms in total. The van der Waals surface area contributed by atoms with Crippen LogP contribution in [0.2, 0.25) is 0 Å². The topological polar surface area (TPSA) is 113 Å². The van der Waals surface area contributed by atoms with Gasteiger partial charge >= 0.3 is 0 Å². The van der Waals surface area contributed by atoms with Crippen LogP contribution < -0.4 is 10.6 Å². The molecule has 0 unspecified atom stereocenters. The monoisotopic (exact) mass is 422 g/mol. The molecule has 1 amide bonds. The molecular weight excluding hydrogens is 392 g/mol. The Morgan fingerprint density at radius 3 is 2.68 bits per heavy atom. The van der Waals surface area contributed by atoms with Crippen LogP contribution >= 0.6 is 0 Å². The summed E-state index contributed by atoms with van der Waals surface area (Å²) in [7, 11) is 0. The van der Waals surface area contributed by atoms with E-state index in [4.69, 9.17) is 10.4 Å². The third kappa shape index (κ3) is 5.17. The minimum absolute atomic E-state index is 0.0767. The van der Waals surface area contributed by atoms with Gasteiger partial charge in [-0.15, -0.1) is 0 Å². The summed E-state index contributed by atoms with van der Waals surface area (Å²) in [5, 5.41) is 22.5. The van der Waals surface area contributed by atoms with Gasteiger partial charge in [0.2, 0.25) is 5.91 Å². The first-order chi connectivity index (χ1) is 15.0. The minimum Gasteiger partial charge on any atom is -0.382 e. The molecule has 0 aromatic carbocycles. The van der Waals surface area contributed by atoms with Gasteiger partial charge in [0.1, 0.15) is 0 Å². The minimum atomic E-state index is -0.111. The van der Waals surface area contributed by atoms with Crippen LogP contribution in [0.25, 0.3) is 22.3 Å². The molecule has 3 heterocycles. The molecular formula is C22H30N8O. The molecule has 3 N–H and O–H groups in total. The van der Waals surface area contributed by atoms with Gasteiger partial charge in [-0.05, 0) is 32.8 Å². The molecule has 3 rings (SSSR count). The highest BCUT2D eigenvalue weighted by Crippen LogP contribution is 2.26. The Bertz CT molecular complexity index is 1070. The average Bonchev–Trinajstić information content (AvgIpc) is 3.41. The van der Waals surface area contributed by atoms with Crippen molar-refractivity contribution >= 4 is 23.2 Å². The Morgan fingerprint density at radius 1 is 1.23 bits per heavy atom. The molecule has 0 spiro atoms. The molecule has 0 saturated carbocycles. The van der Waals surface area contributed by atoms with Crippen LogP contribution in [-0.2, 0) is 4.79 Å². The fourth-order valence-corrected chi connectivity index (χ4v) is 3.42. The fraction of sp³-hybridized carbons (Fsp3) is 0.409. The maximum Gasteiger partial charge on any atom is 0.239 e. The van der Waals surface area contributed by atoms with Crippen LogP contribution in [0.15, 0.2) is 37.1 Å². The van der Waals surface area contributed by atoms with Crippen molar-refractivity contribution in [2.45, 2.75) is 52.6 Å². The zero-order valence-electron chi connectivity index (χ0n) is 18.5. The highest BCUT2D eigenvalue weighted by molar-refractivity contribution is 6.07. The first-order valence-electron chi connectivity index (χ1n) is 10.6. The fourth-order valence-electron chi connectivity index (χ4n) is 3.42. The summed E-state index contributed by atoms with van der Waals surface area (Å²) in [6.45, 7) is 8.24. The molecule has 164 valence electrons. The quantitative estimate of drug-likeness (QED) is 0.435. The lowest BCUT2D eigenvalue weighted by Crippen LogP contribution is -2.36. The van der Waals surface area contributed by atoms with Gasteiger partial charge in [0.05, 0.1) is 48.1 Å². The number of fused-ring (bicyclic) bond motifs is 1. The van der Waals surface area contributed by atoms with Crippen molar-refractivity contribution in [1.29, 1.82) is 5.41 Å². The normalized spacial score (nSPS) is 12.0. The van der Waals surface area contributed by atoms with Crippen molar-refractivity contribution in [1.82, 2.24) is 35.0 Å². The number of amides is 1. The maximum absolute atomic E-state index is 11.8. The highest BCUT2D eigenvalue weighted by atomic mass is 16.1. The Hall–Kier alpha value is -3.49. The average molecular weight is 423 g/mol. The van der Waals surface area contributed by atoms with Gasteiger partial charge in [-0.1, -0.05) is 13.8 Å².